The van der Waals surface area contributed by atoms with E-state index in [1.807, 2.05) is 28.7 Å². The normalized spacial score (nSPS) is 15.5. The first-order valence-electron chi connectivity index (χ1n) is 7.52. The number of benzene rings is 1. The Bertz CT molecular complexity index is 1080. The van der Waals surface area contributed by atoms with Gasteiger partial charge in [-0.15, -0.1) is 0 Å². The lowest BCUT2D eigenvalue weighted by Gasteiger charge is -2.27. The lowest BCUT2D eigenvalue weighted by Crippen LogP contribution is -2.33. The van der Waals surface area contributed by atoms with Crippen LogP contribution < -0.4 is 22.1 Å². The van der Waals surface area contributed by atoms with Gasteiger partial charge in [0.05, 0.1) is 11.3 Å². The molecule has 1 unspecified atom stereocenters. The molecule has 0 bridgehead atoms. The first-order valence-corrected chi connectivity index (χ1v) is 8.60. The average molecular weight is 498 g/mol. The molecular formula is C16H10F3IN8. The zero-order chi connectivity index (χ0) is 20.6. The summed E-state index contributed by atoms with van der Waals surface area (Å²) in [7, 11) is 0. The summed E-state index contributed by atoms with van der Waals surface area (Å²) in [4.78, 5) is 8.33. The second-order valence-electron chi connectivity index (χ2n) is 5.64. The van der Waals surface area contributed by atoms with Gasteiger partial charge in [-0.25, -0.2) is 9.98 Å². The van der Waals surface area contributed by atoms with Gasteiger partial charge in [0.1, 0.15) is 29.3 Å². The van der Waals surface area contributed by atoms with Crippen LogP contribution in [0.25, 0.3) is 0 Å². The highest BCUT2D eigenvalue weighted by Crippen LogP contribution is 2.43. The van der Waals surface area contributed by atoms with E-state index in [0.717, 1.165) is 12.1 Å². The number of anilines is 3. The van der Waals surface area contributed by atoms with Crippen LogP contribution >= 0.6 is 22.6 Å². The van der Waals surface area contributed by atoms with E-state index < -0.39 is 17.8 Å². The van der Waals surface area contributed by atoms with Gasteiger partial charge in [-0.1, -0.05) is 0 Å². The van der Waals surface area contributed by atoms with E-state index in [2.05, 4.69) is 20.6 Å². The molecule has 1 atom stereocenters. The topological polar surface area (TPSA) is 149 Å². The second kappa shape index (κ2) is 7.05. The summed E-state index contributed by atoms with van der Waals surface area (Å²) in [6, 6.07) is 4.01. The van der Waals surface area contributed by atoms with Crippen molar-refractivity contribution in [3.8, 4) is 12.3 Å². The summed E-state index contributed by atoms with van der Waals surface area (Å²) in [6.45, 7) is 0. The van der Waals surface area contributed by atoms with Crippen molar-refractivity contribution in [1.82, 2.24) is 10.3 Å². The molecule has 0 radical (unpaired) electrons. The number of hydrogen-bond donors (Lipinski definition) is 4. The highest BCUT2D eigenvalue weighted by molar-refractivity contribution is 14.1. The number of nitrogen functional groups attached to an aromatic ring is 2. The van der Waals surface area contributed by atoms with Gasteiger partial charge in [0.15, 0.2) is 6.19 Å². The van der Waals surface area contributed by atoms with Crippen LogP contribution in [0, 0.1) is 26.4 Å². The Morgan fingerprint density at radius 3 is 2.57 bits per heavy atom. The third kappa shape index (κ3) is 3.34. The fourth-order valence-corrected chi connectivity index (χ4v) is 3.37. The predicted octanol–water partition coefficient (Wildman–Crippen LogP) is 2.68. The highest BCUT2D eigenvalue weighted by atomic mass is 127. The van der Waals surface area contributed by atoms with Gasteiger partial charge in [0.25, 0.3) is 0 Å². The molecule has 6 N–H and O–H groups in total. The number of alkyl halides is 3. The Morgan fingerprint density at radius 1 is 1.25 bits per heavy atom. The van der Waals surface area contributed by atoms with Crippen molar-refractivity contribution >= 4 is 45.9 Å². The van der Waals surface area contributed by atoms with Crippen LogP contribution in [0.4, 0.5) is 30.5 Å². The number of hydrogen-bond acceptors (Lipinski definition) is 8. The Morgan fingerprint density at radius 2 is 1.96 bits per heavy atom. The molecule has 0 spiro atoms. The molecule has 8 nitrogen and oxygen atoms in total. The number of aromatic nitrogens is 1. The number of fused-ring (bicyclic) bond motifs is 1. The minimum absolute atomic E-state index is 0.0378. The number of halogens is 4. The van der Waals surface area contributed by atoms with Gasteiger partial charge in [-0.05, 0) is 46.4 Å². The Labute approximate surface area is 170 Å². The summed E-state index contributed by atoms with van der Waals surface area (Å²) in [5, 5.41) is 23.2. The van der Waals surface area contributed by atoms with Crippen molar-refractivity contribution in [2.45, 2.75) is 12.2 Å². The smallest absolute Gasteiger partial charge is 0.397 e. The number of nitriles is 2. The maximum atomic E-state index is 13.2. The number of nitrogens with two attached hydrogens (primary N) is 2. The van der Waals surface area contributed by atoms with Crippen LogP contribution in [0.5, 0.6) is 0 Å². The predicted molar refractivity (Wildman–Crippen MR) is 104 cm³/mol. The first-order chi connectivity index (χ1) is 13.2. The van der Waals surface area contributed by atoms with Crippen LogP contribution in [0.15, 0.2) is 23.2 Å². The molecule has 3 rings (SSSR count). The van der Waals surface area contributed by atoms with E-state index in [9.17, 15) is 18.4 Å². The molecule has 2 aromatic rings. The largest absolute Gasteiger partial charge is 0.416 e. The number of aliphatic imine (C=N–C) groups is 1. The monoisotopic (exact) mass is 498 g/mol. The van der Waals surface area contributed by atoms with E-state index in [1.165, 1.54) is 6.07 Å². The van der Waals surface area contributed by atoms with E-state index in [4.69, 9.17) is 16.7 Å². The Hall–Kier alpha value is -3.26. The van der Waals surface area contributed by atoms with E-state index in [0.29, 0.717) is 3.57 Å². The molecule has 142 valence electrons. The van der Waals surface area contributed by atoms with Crippen LogP contribution in [0.2, 0.25) is 0 Å². The van der Waals surface area contributed by atoms with Gasteiger partial charge >= 0.3 is 6.18 Å². The molecule has 0 fully saturated rings. The molecular weight excluding hydrogens is 488 g/mol. The minimum atomic E-state index is -4.56. The summed E-state index contributed by atoms with van der Waals surface area (Å²) in [5.41, 5.74) is 11.2. The summed E-state index contributed by atoms with van der Waals surface area (Å²) in [5.74, 6) is -0.0915. The average Bonchev–Trinajstić information content (AvgIpc) is 2.61. The van der Waals surface area contributed by atoms with Crippen molar-refractivity contribution in [3.63, 3.8) is 0 Å². The first kappa shape index (κ1) is 19.5. The number of nitrogens with one attached hydrogen (secondary N) is 2. The zero-order valence-corrected chi connectivity index (χ0v) is 15.9. The Balaban J connectivity index is 2.30. The standard InChI is InChI=1S/C16H10F3IN8/c17-16(18,19)6-1-2-9(20)7(3-6)12-10-11(23)8(4-21)13(24)27-14(10)28-15(26-12)25-5-22/h1-3,12H,(H6,23,24,25,26,27,28). The number of pyridine rings is 1. The maximum Gasteiger partial charge on any atom is 0.416 e. The van der Waals surface area contributed by atoms with Gasteiger partial charge < -0.3 is 16.8 Å². The van der Waals surface area contributed by atoms with Crippen molar-refractivity contribution < 1.29 is 13.2 Å². The van der Waals surface area contributed by atoms with Crippen molar-refractivity contribution in [1.29, 1.82) is 10.5 Å². The third-order valence-electron chi connectivity index (χ3n) is 3.98. The highest BCUT2D eigenvalue weighted by Gasteiger charge is 2.35. The molecule has 0 amide bonds. The quantitative estimate of drug-likeness (QED) is 0.268. The van der Waals surface area contributed by atoms with Crippen molar-refractivity contribution in [2.75, 3.05) is 16.8 Å². The lowest BCUT2D eigenvalue weighted by molar-refractivity contribution is -0.137. The van der Waals surface area contributed by atoms with E-state index in [-0.39, 0.29) is 40.0 Å². The molecule has 0 saturated carbocycles. The third-order valence-corrected chi connectivity index (χ3v) is 4.96. The number of rotatable bonds is 1. The lowest BCUT2D eigenvalue weighted by atomic mass is 9.94. The van der Waals surface area contributed by atoms with Crippen molar-refractivity contribution in [3.05, 3.63) is 44.0 Å². The molecule has 1 aromatic heterocycles. The van der Waals surface area contributed by atoms with Crippen molar-refractivity contribution in [2.24, 2.45) is 4.99 Å². The maximum absolute atomic E-state index is 13.2. The molecule has 1 aliphatic heterocycles. The SMILES string of the molecule is N#CNC1=NC(c2cc(C(F)(F)F)ccc2I)c2c(nc(N)c(C#N)c2N)N1. The van der Waals surface area contributed by atoms with Crippen LogP contribution in [0.3, 0.4) is 0 Å². The summed E-state index contributed by atoms with van der Waals surface area (Å²) >= 11 is 1.88. The Kier molecular flexibility index (Phi) is 4.91. The van der Waals surface area contributed by atoms with Gasteiger partial charge in [-0.2, -0.15) is 23.7 Å². The van der Waals surface area contributed by atoms with E-state index >= 15 is 0 Å². The van der Waals surface area contributed by atoms with Crippen LogP contribution in [0.1, 0.15) is 28.3 Å². The van der Waals surface area contributed by atoms with E-state index in [1.54, 1.807) is 6.19 Å². The second-order valence-corrected chi connectivity index (χ2v) is 6.80. The number of nitrogens with zero attached hydrogens (tertiary/aromatic N) is 4. The number of guanidine groups is 1. The van der Waals surface area contributed by atoms with Crippen LogP contribution in [-0.4, -0.2) is 10.9 Å². The molecule has 1 aliphatic rings. The molecule has 2 heterocycles. The van der Waals surface area contributed by atoms with Gasteiger partial charge in [0, 0.05) is 9.13 Å². The molecule has 0 aliphatic carbocycles. The molecule has 12 heteroatoms. The molecule has 28 heavy (non-hydrogen) atoms. The molecule has 1 aromatic carbocycles. The van der Waals surface area contributed by atoms with Gasteiger partial charge in [0.2, 0.25) is 5.96 Å². The fourth-order valence-electron chi connectivity index (χ4n) is 2.74. The summed E-state index contributed by atoms with van der Waals surface area (Å²) in [6.07, 6.45) is -2.89. The van der Waals surface area contributed by atoms with Gasteiger partial charge in [-0.3, -0.25) is 5.32 Å². The van der Waals surface area contributed by atoms with Crippen LogP contribution in [-0.2, 0) is 6.18 Å². The fraction of sp³-hybridized carbons (Fsp3) is 0.125. The molecule has 0 saturated heterocycles. The minimum Gasteiger partial charge on any atom is -0.397 e. The zero-order valence-electron chi connectivity index (χ0n) is 13.8. The summed E-state index contributed by atoms with van der Waals surface area (Å²) < 4.78 is 40.1.